The number of aromatic nitrogens is 4. The Balaban J connectivity index is 2.11. The Morgan fingerprint density at radius 2 is 2.44 bits per heavy atom. The molecule has 16 heavy (non-hydrogen) atoms. The van der Waals surface area contributed by atoms with E-state index in [0.717, 1.165) is 10.6 Å². The first-order valence-corrected chi connectivity index (χ1v) is 5.39. The van der Waals surface area contributed by atoms with Gasteiger partial charge in [-0.1, -0.05) is 4.68 Å². The first-order valence-electron chi connectivity index (χ1n) is 4.62. The van der Waals surface area contributed by atoms with Crippen LogP contribution in [0.2, 0.25) is 0 Å². The van der Waals surface area contributed by atoms with Gasteiger partial charge in [-0.25, -0.2) is 0 Å². The van der Waals surface area contributed by atoms with E-state index in [-0.39, 0.29) is 6.42 Å². The summed E-state index contributed by atoms with van der Waals surface area (Å²) < 4.78 is 5.69. The van der Waals surface area contributed by atoms with Gasteiger partial charge in [0, 0.05) is 17.7 Å². The average Bonchev–Trinajstić information content (AvgIpc) is 2.76. The maximum Gasteiger partial charge on any atom is 0.309 e. The van der Waals surface area contributed by atoms with Crippen LogP contribution >= 0.6 is 11.5 Å². The number of carboxylic acids is 1. The molecule has 0 saturated heterocycles. The van der Waals surface area contributed by atoms with Gasteiger partial charge in [-0.2, -0.15) is 5.10 Å². The third kappa shape index (κ3) is 2.57. The summed E-state index contributed by atoms with van der Waals surface area (Å²) in [7, 11) is 0. The molecule has 2 aromatic rings. The second-order valence-corrected chi connectivity index (χ2v) is 3.87. The number of hydrogen-bond donors (Lipinski definition) is 1. The summed E-state index contributed by atoms with van der Waals surface area (Å²) in [6.45, 7) is 0.367. The van der Waals surface area contributed by atoms with E-state index in [1.165, 1.54) is 11.5 Å². The summed E-state index contributed by atoms with van der Waals surface area (Å²) in [4.78, 5) is 11.3. The molecule has 2 rings (SSSR count). The minimum absolute atomic E-state index is 0.0638. The molecule has 6 nitrogen and oxygen atoms in total. The lowest BCUT2D eigenvalue weighted by Gasteiger charge is -1.88. The predicted molar refractivity (Wildman–Crippen MR) is 55.6 cm³/mol. The standard InChI is InChI=1S/C9H8N4O2S/c14-9(15)3-5-13-6-8(16-12-13)7-2-1-4-10-11-7/h1-2,4,6H,3,5H2/p+1. The molecule has 7 heteroatoms. The first kappa shape index (κ1) is 10.6. The molecule has 82 valence electrons. The molecular formula is C9H9N4O2S+. The first-order chi connectivity index (χ1) is 7.75. The number of carbonyl (C=O) groups is 1. The summed E-state index contributed by atoms with van der Waals surface area (Å²) in [5.74, 6) is -0.832. The van der Waals surface area contributed by atoms with E-state index in [4.69, 9.17) is 5.11 Å². The number of hydrogen-bond acceptors (Lipinski definition) is 5. The van der Waals surface area contributed by atoms with E-state index in [0.29, 0.717) is 6.54 Å². The van der Waals surface area contributed by atoms with Crippen molar-refractivity contribution in [2.24, 2.45) is 0 Å². The molecule has 0 radical (unpaired) electrons. The molecule has 0 saturated carbocycles. The fraction of sp³-hybridized carbons (Fsp3) is 0.222. The topological polar surface area (TPSA) is 79.9 Å². The normalized spacial score (nSPS) is 10.2. The van der Waals surface area contributed by atoms with Gasteiger partial charge in [0.05, 0.1) is 4.49 Å². The Bertz CT molecular complexity index is 485. The van der Waals surface area contributed by atoms with E-state index in [1.807, 2.05) is 6.07 Å². The maximum atomic E-state index is 10.4. The van der Waals surface area contributed by atoms with Gasteiger partial charge in [0.2, 0.25) is 6.20 Å². The van der Waals surface area contributed by atoms with Crippen LogP contribution in [0.5, 0.6) is 0 Å². The quantitative estimate of drug-likeness (QED) is 0.777. The lowest BCUT2D eigenvalue weighted by atomic mass is 10.3. The van der Waals surface area contributed by atoms with Gasteiger partial charge in [0.1, 0.15) is 17.0 Å². The molecule has 0 bridgehead atoms. The largest absolute Gasteiger partial charge is 0.481 e. The molecule has 0 fully saturated rings. The molecule has 0 aliphatic rings. The van der Waals surface area contributed by atoms with E-state index >= 15 is 0 Å². The molecule has 2 heterocycles. The highest BCUT2D eigenvalue weighted by Gasteiger charge is 2.13. The lowest BCUT2D eigenvalue weighted by Crippen LogP contribution is -2.35. The summed E-state index contributed by atoms with van der Waals surface area (Å²) in [6.07, 6.45) is 3.44. The third-order valence-electron chi connectivity index (χ3n) is 1.89. The van der Waals surface area contributed by atoms with Gasteiger partial charge in [-0.15, -0.1) is 5.10 Å². The molecular weight excluding hydrogens is 228 g/mol. The Labute approximate surface area is 95.3 Å². The van der Waals surface area contributed by atoms with Gasteiger partial charge < -0.3 is 5.11 Å². The van der Waals surface area contributed by atoms with Crippen molar-refractivity contribution in [1.82, 2.24) is 14.7 Å². The van der Waals surface area contributed by atoms with Crippen molar-refractivity contribution in [3.63, 3.8) is 0 Å². The second kappa shape index (κ2) is 4.75. The Morgan fingerprint density at radius 1 is 1.56 bits per heavy atom. The highest BCUT2D eigenvalue weighted by Crippen LogP contribution is 2.16. The predicted octanol–water partition coefficient (Wildman–Crippen LogP) is 0.362. The van der Waals surface area contributed by atoms with Crippen molar-refractivity contribution >= 4 is 17.5 Å². The average molecular weight is 237 g/mol. The van der Waals surface area contributed by atoms with E-state index in [2.05, 4.69) is 14.7 Å². The van der Waals surface area contributed by atoms with Crippen molar-refractivity contribution in [2.45, 2.75) is 13.0 Å². The number of aryl methyl sites for hydroxylation is 1. The fourth-order valence-electron chi connectivity index (χ4n) is 1.14. The number of carboxylic acid groups (broad SMARTS) is 1. The van der Waals surface area contributed by atoms with Gasteiger partial charge in [0.25, 0.3) is 0 Å². The molecule has 0 aromatic carbocycles. The van der Waals surface area contributed by atoms with E-state index in [1.54, 1.807) is 23.1 Å². The zero-order valence-corrected chi connectivity index (χ0v) is 9.09. The summed E-state index contributed by atoms with van der Waals surface area (Å²) in [6, 6.07) is 3.63. The summed E-state index contributed by atoms with van der Waals surface area (Å²) in [5.41, 5.74) is 0.745. The summed E-state index contributed by atoms with van der Waals surface area (Å²) in [5, 5.41) is 16.3. The third-order valence-corrected chi connectivity index (χ3v) is 2.69. The molecule has 2 aromatic heterocycles. The minimum atomic E-state index is -0.832. The second-order valence-electron chi connectivity index (χ2n) is 3.08. The van der Waals surface area contributed by atoms with Crippen LogP contribution in [0.4, 0.5) is 0 Å². The molecule has 0 amide bonds. The van der Waals surface area contributed by atoms with Crippen molar-refractivity contribution in [1.29, 1.82) is 0 Å². The van der Waals surface area contributed by atoms with Crippen LogP contribution in [0.15, 0.2) is 24.5 Å². The molecule has 0 atom stereocenters. The minimum Gasteiger partial charge on any atom is -0.481 e. The highest BCUT2D eigenvalue weighted by molar-refractivity contribution is 7.09. The highest BCUT2D eigenvalue weighted by atomic mass is 32.1. The maximum absolute atomic E-state index is 10.4. The van der Waals surface area contributed by atoms with Crippen molar-refractivity contribution in [3.8, 4) is 10.6 Å². The van der Waals surface area contributed by atoms with Crippen LogP contribution in [0.25, 0.3) is 10.6 Å². The zero-order valence-electron chi connectivity index (χ0n) is 8.28. The van der Waals surface area contributed by atoms with E-state index < -0.39 is 5.97 Å². The Hall–Kier alpha value is -1.89. The molecule has 0 aliphatic carbocycles. The molecule has 0 unspecified atom stereocenters. The lowest BCUT2D eigenvalue weighted by molar-refractivity contribution is -0.745. The van der Waals surface area contributed by atoms with Crippen LogP contribution in [0.3, 0.4) is 0 Å². The smallest absolute Gasteiger partial charge is 0.309 e. The Kier molecular flexibility index (Phi) is 3.16. The van der Waals surface area contributed by atoms with Crippen molar-refractivity contribution < 1.29 is 14.6 Å². The van der Waals surface area contributed by atoms with Crippen LogP contribution in [0, 0.1) is 0 Å². The monoisotopic (exact) mass is 237 g/mol. The number of aliphatic carboxylic acids is 1. The fourth-order valence-corrected chi connectivity index (χ4v) is 1.83. The van der Waals surface area contributed by atoms with Crippen LogP contribution in [-0.2, 0) is 11.3 Å². The van der Waals surface area contributed by atoms with Crippen molar-refractivity contribution in [3.05, 3.63) is 24.5 Å². The van der Waals surface area contributed by atoms with Crippen LogP contribution in [0.1, 0.15) is 6.42 Å². The number of nitrogens with zero attached hydrogens (tertiary/aromatic N) is 4. The molecule has 1 N–H and O–H groups in total. The van der Waals surface area contributed by atoms with Gasteiger partial charge >= 0.3 is 5.97 Å². The zero-order chi connectivity index (χ0) is 11.4. The Morgan fingerprint density at radius 3 is 3.12 bits per heavy atom. The van der Waals surface area contributed by atoms with Gasteiger partial charge in [-0.3, -0.25) is 4.79 Å². The van der Waals surface area contributed by atoms with Crippen molar-refractivity contribution in [2.75, 3.05) is 0 Å². The van der Waals surface area contributed by atoms with Crippen LogP contribution < -0.4 is 4.68 Å². The van der Waals surface area contributed by atoms with E-state index in [9.17, 15) is 4.79 Å². The molecule has 0 aliphatic heterocycles. The van der Waals surface area contributed by atoms with Crippen LogP contribution in [-0.4, -0.2) is 25.8 Å². The number of rotatable bonds is 4. The summed E-state index contributed by atoms with van der Waals surface area (Å²) >= 11 is 1.27. The van der Waals surface area contributed by atoms with Gasteiger partial charge in [-0.05, 0) is 12.1 Å². The van der Waals surface area contributed by atoms with Gasteiger partial charge in [0.15, 0.2) is 6.54 Å². The SMILES string of the molecule is O=C(O)CC[n+]1cc(-c2cccnn2)sn1. The molecule has 0 spiro atoms.